The number of hydrogen-bond acceptors (Lipinski definition) is 10. The monoisotopic (exact) mass is 434 g/mol. The zero-order valence-corrected chi connectivity index (χ0v) is 16.2. The van der Waals surface area contributed by atoms with Gasteiger partial charge in [0.1, 0.15) is 65.7 Å². The Bertz CT molecular complexity index is 942. The first-order chi connectivity index (χ1) is 14.7. The number of ketones is 1. The minimum Gasteiger partial charge on any atom is -0.508 e. The van der Waals surface area contributed by atoms with Crippen LogP contribution in [0.25, 0.3) is 0 Å². The number of aromatic hydroxyl groups is 2. The largest absolute Gasteiger partial charge is 0.508 e. The maximum atomic E-state index is 12.4. The van der Waals surface area contributed by atoms with E-state index < -0.39 is 37.1 Å². The van der Waals surface area contributed by atoms with Gasteiger partial charge in [0, 0.05) is 12.1 Å². The van der Waals surface area contributed by atoms with Gasteiger partial charge in [-0.15, -0.1) is 0 Å². The van der Waals surface area contributed by atoms with Gasteiger partial charge in [-0.05, 0) is 17.7 Å². The van der Waals surface area contributed by atoms with E-state index in [4.69, 9.17) is 9.47 Å². The summed E-state index contributed by atoms with van der Waals surface area (Å²) in [6.45, 7) is -0.423. The minimum absolute atomic E-state index is 0.0171. The van der Waals surface area contributed by atoms with Crippen LogP contribution in [0.3, 0.4) is 0 Å². The molecule has 0 bridgehead atoms. The molecule has 0 saturated heterocycles. The molecular weight excluding hydrogens is 412 g/mol. The summed E-state index contributed by atoms with van der Waals surface area (Å²) in [6, 6.07) is 8.63. The van der Waals surface area contributed by atoms with Crippen LogP contribution in [0, 0.1) is 0 Å². The molecule has 1 aliphatic heterocycles. The number of phenols is 2. The zero-order chi connectivity index (χ0) is 22.7. The van der Waals surface area contributed by atoms with Crippen LogP contribution < -0.4 is 9.47 Å². The van der Waals surface area contributed by atoms with Crippen molar-refractivity contribution in [2.75, 3.05) is 6.61 Å². The van der Waals surface area contributed by atoms with E-state index in [0.717, 1.165) is 6.07 Å². The molecule has 5 atom stereocenters. The van der Waals surface area contributed by atoms with Crippen molar-refractivity contribution in [3.05, 3.63) is 47.5 Å². The van der Waals surface area contributed by atoms with Crippen molar-refractivity contribution in [1.29, 1.82) is 0 Å². The van der Waals surface area contributed by atoms with Crippen LogP contribution in [0.15, 0.2) is 36.4 Å². The quantitative estimate of drug-likeness (QED) is 0.306. The van der Waals surface area contributed by atoms with Crippen LogP contribution in [-0.2, 0) is 4.79 Å². The minimum atomic E-state index is -1.86. The molecule has 3 rings (SSSR count). The Kier molecular flexibility index (Phi) is 6.76. The van der Waals surface area contributed by atoms with Crippen molar-refractivity contribution in [3.8, 4) is 23.0 Å². The average Bonchev–Trinajstić information content (AvgIpc) is 2.75. The molecule has 1 heterocycles. The highest BCUT2D eigenvalue weighted by atomic mass is 16.5. The van der Waals surface area contributed by atoms with Gasteiger partial charge >= 0.3 is 0 Å². The number of hydrogen-bond donors (Lipinski definition) is 6. The van der Waals surface area contributed by atoms with E-state index in [1.54, 1.807) is 12.1 Å². The Morgan fingerprint density at radius 2 is 1.74 bits per heavy atom. The second-order valence-electron chi connectivity index (χ2n) is 7.13. The molecule has 0 aromatic heterocycles. The van der Waals surface area contributed by atoms with Gasteiger partial charge in [0.25, 0.3) is 0 Å². The predicted molar refractivity (Wildman–Crippen MR) is 104 cm³/mol. The molecule has 0 fully saturated rings. The highest BCUT2D eigenvalue weighted by Gasteiger charge is 2.32. The molecule has 0 amide bonds. The lowest BCUT2D eigenvalue weighted by Gasteiger charge is -2.26. The molecule has 31 heavy (non-hydrogen) atoms. The standard InChI is InChI=1S/C21H22O10/c22-8-15(26)20(28)21(29)16(27)9-30-12-3-1-10(2-4-12)17-7-14(25)19-13(24)5-11(23)6-18(19)31-17/h1-6,8,15-17,20-21,23-24,26-29H,7,9H2/t15?,16?,17-,20?,21?/m0/s1. The number of ether oxygens (including phenoxy) is 2. The number of carbonyl (C=O) groups excluding carboxylic acids is 2. The fourth-order valence-corrected chi connectivity index (χ4v) is 3.18. The first-order valence-corrected chi connectivity index (χ1v) is 9.37. The van der Waals surface area contributed by atoms with Crippen LogP contribution in [0.5, 0.6) is 23.0 Å². The summed E-state index contributed by atoms with van der Waals surface area (Å²) >= 11 is 0. The molecule has 2 aromatic rings. The topological polar surface area (TPSA) is 174 Å². The van der Waals surface area contributed by atoms with Gasteiger partial charge in [-0.3, -0.25) is 4.79 Å². The highest BCUT2D eigenvalue weighted by Crippen LogP contribution is 2.41. The summed E-state index contributed by atoms with van der Waals surface area (Å²) in [5.41, 5.74) is 0.641. The maximum Gasteiger partial charge on any atom is 0.174 e. The SMILES string of the molecule is O=CC(O)C(O)C(O)C(O)COc1ccc([C@@H]2CC(=O)c3c(O)cc(O)cc3O2)cc1. The van der Waals surface area contributed by atoms with Gasteiger partial charge in [-0.25, -0.2) is 0 Å². The number of Topliss-reactive ketones (excluding diaryl/α,β-unsaturated/α-hetero) is 1. The number of benzene rings is 2. The summed E-state index contributed by atoms with van der Waals surface area (Å²) in [6.07, 6.45) is -7.69. The molecule has 0 spiro atoms. The second kappa shape index (κ2) is 9.31. The molecule has 1 aliphatic rings. The lowest BCUT2D eigenvalue weighted by molar-refractivity contribution is -0.135. The number of aliphatic hydroxyl groups is 4. The van der Waals surface area contributed by atoms with Crippen molar-refractivity contribution in [2.45, 2.75) is 36.9 Å². The van der Waals surface area contributed by atoms with Gasteiger partial charge in [0.05, 0.1) is 6.42 Å². The van der Waals surface area contributed by atoms with Crippen LogP contribution in [0.2, 0.25) is 0 Å². The Labute approximate surface area is 176 Å². The first kappa shape index (κ1) is 22.5. The molecule has 166 valence electrons. The van der Waals surface area contributed by atoms with E-state index in [2.05, 4.69) is 0 Å². The zero-order valence-electron chi connectivity index (χ0n) is 16.2. The third-order valence-electron chi connectivity index (χ3n) is 4.89. The average molecular weight is 434 g/mol. The molecule has 0 radical (unpaired) electrons. The van der Waals surface area contributed by atoms with E-state index in [1.165, 1.54) is 18.2 Å². The van der Waals surface area contributed by atoms with Crippen molar-refractivity contribution in [2.24, 2.45) is 0 Å². The van der Waals surface area contributed by atoms with Crippen molar-refractivity contribution >= 4 is 12.1 Å². The Morgan fingerprint density at radius 1 is 1.06 bits per heavy atom. The molecule has 10 nitrogen and oxygen atoms in total. The van der Waals surface area contributed by atoms with Gasteiger partial charge in [-0.1, -0.05) is 12.1 Å². The lowest BCUT2D eigenvalue weighted by atomic mass is 9.95. The molecular formula is C21H22O10. The molecule has 4 unspecified atom stereocenters. The van der Waals surface area contributed by atoms with Gasteiger partial charge < -0.3 is 44.9 Å². The van der Waals surface area contributed by atoms with E-state index >= 15 is 0 Å². The van der Waals surface area contributed by atoms with Gasteiger partial charge in [0.15, 0.2) is 12.1 Å². The molecule has 6 N–H and O–H groups in total. The summed E-state index contributed by atoms with van der Waals surface area (Å²) < 4.78 is 11.1. The van der Waals surface area contributed by atoms with E-state index in [1.807, 2.05) is 0 Å². The predicted octanol–water partition coefficient (Wildman–Crippen LogP) is -0.174. The number of rotatable bonds is 8. The van der Waals surface area contributed by atoms with Gasteiger partial charge in [0.2, 0.25) is 0 Å². The van der Waals surface area contributed by atoms with E-state index in [-0.39, 0.29) is 41.3 Å². The Balaban J connectivity index is 1.63. The summed E-state index contributed by atoms with van der Waals surface area (Å²) in [7, 11) is 0. The third kappa shape index (κ3) is 4.94. The summed E-state index contributed by atoms with van der Waals surface area (Å²) in [5, 5.41) is 57.8. The third-order valence-corrected chi connectivity index (χ3v) is 4.89. The van der Waals surface area contributed by atoms with E-state index in [9.17, 15) is 40.2 Å². The lowest BCUT2D eigenvalue weighted by Crippen LogP contribution is -2.47. The first-order valence-electron chi connectivity index (χ1n) is 9.37. The maximum absolute atomic E-state index is 12.4. The fraction of sp³-hybridized carbons (Fsp3) is 0.333. The summed E-state index contributed by atoms with van der Waals surface area (Å²) in [4.78, 5) is 22.8. The molecule has 2 aromatic carbocycles. The molecule has 0 saturated carbocycles. The smallest absolute Gasteiger partial charge is 0.174 e. The van der Waals surface area contributed by atoms with Crippen molar-refractivity contribution < 1.29 is 49.7 Å². The van der Waals surface area contributed by atoms with Crippen LogP contribution in [0.1, 0.15) is 28.4 Å². The molecule has 0 aliphatic carbocycles. The highest BCUT2D eigenvalue weighted by molar-refractivity contribution is 6.02. The number of fused-ring (bicyclic) bond motifs is 1. The van der Waals surface area contributed by atoms with Gasteiger partial charge in [-0.2, -0.15) is 0 Å². The van der Waals surface area contributed by atoms with Crippen LogP contribution in [0.4, 0.5) is 0 Å². The Hall–Kier alpha value is -3.18. The Morgan fingerprint density at radius 3 is 2.39 bits per heavy atom. The van der Waals surface area contributed by atoms with Crippen LogP contribution >= 0.6 is 0 Å². The van der Waals surface area contributed by atoms with Crippen molar-refractivity contribution in [1.82, 2.24) is 0 Å². The van der Waals surface area contributed by atoms with Crippen molar-refractivity contribution in [3.63, 3.8) is 0 Å². The fourth-order valence-electron chi connectivity index (χ4n) is 3.18. The number of carbonyl (C=O) groups is 2. The summed E-state index contributed by atoms with van der Waals surface area (Å²) in [5.74, 6) is -0.545. The number of aliphatic hydroxyl groups excluding tert-OH is 4. The number of aldehydes is 1. The number of phenolic OH excluding ortho intramolecular Hbond substituents is 2. The molecule has 10 heteroatoms. The van der Waals surface area contributed by atoms with E-state index in [0.29, 0.717) is 11.3 Å². The van der Waals surface area contributed by atoms with Crippen LogP contribution in [-0.4, -0.2) is 73.7 Å². The normalized spacial score (nSPS) is 19.5. The second-order valence-corrected chi connectivity index (χ2v) is 7.13.